The summed E-state index contributed by atoms with van der Waals surface area (Å²) in [5, 5.41) is 29.1. The van der Waals surface area contributed by atoms with Gasteiger partial charge in [0, 0.05) is 6.61 Å². The molecule has 0 aromatic rings. The zero-order valence-corrected chi connectivity index (χ0v) is 14.8. The van der Waals surface area contributed by atoms with Crippen LogP contribution < -0.4 is 0 Å². The van der Waals surface area contributed by atoms with Crippen molar-refractivity contribution in [3.05, 3.63) is 0 Å². The lowest BCUT2D eigenvalue weighted by Crippen LogP contribution is -2.57. The average molecular weight is 332 g/mol. The van der Waals surface area contributed by atoms with Gasteiger partial charge in [0.15, 0.2) is 6.29 Å². The summed E-state index contributed by atoms with van der Waals surface area (Å²) in [4.78, 5) is 0. The summed E-state index contributed by atoms with van der Waals surface area (Å²) in [6.07, 6.45) is 7.72. The second-order valence-electron chi connectivity index (χ2n) is 6.73. The first kappa shape index (κ1) is 20.8. The fourth-order valence-electron chi connectivity index (χ4n) is 2.94. The standard InChI is InChI=1S/C18H36O5/c1-3-4-5-6-7-8-9-10-11-12-13-22-18-17(21)16(20)15(19)14(2)23-18/h14-21H,3-13H2,1-2H3/t14-,15+,16+,17-,18?/m0/s1. The van der Waals surface area contributed by atoms with Gasteiger partial charge in [0.05, 0.1) is 6.10 Å². The maximum absolute atomic E-state index is 9.83. The molecule has 1 unspecified atom stereocenters. The van der Waals surface area contributed by atoms with Crippen LogP contribution in [-0.4, -0.2) is 52.6 Å². The maximum Gasteiger partial charge on any atom is 0.186 e. The lowest BCUT2D eigenvalue weighted by atomic mass is 10.00. The smallest absolute Gasteiger partial charge is 0.186 e. The SMILES string of the molecule is CCCCCCCCCCCCOC1O[C@@H](C)[C@@H](O)[C@@H](O)[C@@H]1O. The third-order valence-corrected chi connectivity index (χ3v) is 4.59. The predicted molar refractivity (Wildman–Crippen MR) is 90.2 cm³/mol. The maximum atomic E-state index is 9.83. The Morgan fingerprint density at radius 2 is 1.26 bits per heavy atom. The highest BCUT2D eigenvalue weighted by Gasteiger charge is 2.42. The van der Waals surface area contributed by atoms with Crippen LogP contribution in [0, 0.1) is 0 Å². The van der Waals surface area contributed by atoms with Gasteiger partial charge in [-0.15, -0.1) is 0 Å². The highest BCUT2D eigenvalue weighted by molar-refractivity contribution is 4.87. The summed E-state index contributed by atoms with van der Waals surface area (Å²) in [7, 11) is 0. The molecule has 1 aliphatic heterocycles. The molecule has 0 saturated carbocycles. The van der Waals surface area contributed by atoms with Gasteiger partial charge in [-0.2, -0.15) is 0 Å². The minimum absolute atomic E-state index is 0.508. The van der Waals surface area contributed by atoms with Gasteiger partial charge >= 0.3 is 0 Å². The summed E-state index contributed by atoms with van der Waals surface area (Å²) in [6.45, 7) is 4.41. The van der Waals surface area contributed by atoms with Gasteiger partial charge in [-0.05, 0) is 13.3 Å². The Morgan fingerprint density at radius 1 is 0.739 bits per heavy atom. The molecule has 5 atom stereocenters. The van der Waals surface area contributed by atoms with Gasteiger partial charge in [0.1, 0.15) is 18.3 Å². The molecule has 1 aliphatic rings. The van der Waals surface area contributed by atoms with E-state index < -0.39 is 30.7 Å². The van der Waals surface area contributed by atoms with Gasteiger partial charge < -0.3 is 24.8 Å². The molecule has 0 aromatic carbocycles. The van der Waals surface area contributed by atoms with Crippen LogP contribution in [-0.2, 0) is 9.47 Å². The Morgan fingerprint density at radius 3 is 1.83 bits per heavy atom. The van der Waals surface area contributed by atoms with Crippen LogP contribution >= 0.6 is 0 Å². The van der Waals surface area contributed by atoms with Crippen molar-refractivity contribution in [1.29, 1.82) is 0 Å². The van der Waals surface area contributed by atoms with Crippen LogP contribution in [0.5, 0.6) is 0 Å². The van der Waals surface area contributed by atoms with Crippen LogP contribution in [0.3, 0.4) is 0 Å². The molecule has 3 N–H and O–H groups in total. The lowest BCUT2D eigenvalue weighted by Gasteiger charge is -2.38. The van der Waals surface area contributed by atoms with Gasteiger partial charge in [-0.1, -0.05) is 64.7 Å². The lowest BCUT2D eigenvalue weighted by molar-refractivity contribution is -0.293. The molecular weight excluding hydrogens is 296 g/mol. The topological polar surface area (TPSA) is 79.2 Å². The summed E-state index contributed by atoms with van der Waals surface area (Å²) in [6, 6.07) is 0. The molecule has 5 nitrogen and oxygen atoms in total. The zero-order valence-electron chi connectivity index (χ0n) is 14.8. The second-order valence-corrected chi connectivity index (χ2v) is 6.73. The Balaban J connectivity index is 1.96. The molecule has 1 rings (SSSR count). The van der Waals surface area contributed by atoms with Crippen molar-refractivity contribution in [2.75, 3.05) is 6.61 Å². The number of hydrogen-bond donors (Lipinski definition) is 3. The second kappa shape index (κ2) is 12.2. The first-order valence-corrected chi connectivity index (χ1v) is 9.39. The summed E-state index contributed by atoms with van der Waals surface area (Å²) in [5.41, 5.74) is 0. The van der Waals surface area contributed by atoms with Crippen molar-refractivity contribution < 1.29 is 24.8 Å². The van der Waals surface area contributed by atoms with E-state index in [-0.39, 0.29) is 0 Å². The molecular formula is C18H36O5. The molecule has 0 bridgehead atoms. The minimum Gasteiger partial charge on any atom is -0.388 e. The highest BCUT2D eigenvalue weighted by atomic mass is 16.7. The molecule has 0 radical (unpaired) electrons. The predicted octanol–water partition coefficient (Wildman–Crippen LogP) is 2.75. The van der Waals surface area contributed by atoms with Gasteiger partial charge in [0.25, 0.3) is 0 Å². The highest BCUT2D eigenvalue weighted by Crippen LogP contribution is 2.22. The number of ether oxygens (including phenoxy) is 2. The molecule has 0 spiro atoms. The number of rotatable bonds is 12. The molecule has 1 heterocycles. The van der Waals surface area contributed by atoms with Crippen LogP contribution in [0.15, 0.2) is 0 Å². The van der Waals surface area contributed by atoms with Crippen molar-refractivity contribution >= 4 is 0 Å². The molecule has 0 aliphatic carbocycles. The molecule has 138 valence electrons. The third-order valence-electron chi connectivity index (χ3n) is 4.59. The van der Waals surface area contributed by atoms with Crippen LogP contribution in [0.25, 0.3) is 0 Å². The number of aliphatic hydroxyl groups is 3. The Hall–Kier alpha value is -0.200. The van der Waals surface area contributed by atoms with Crippen LogP contribution in [0.1, 0.15) is 78.1 Å². The summed E-state index contributed by atoms with van der Waals surface area (Å²) < 4.78 is 10.9. The van der Waals surface area contributed by atoms with E-state index >= 15 is 0 Å². The van der Waals surface area contributed by atoms with Crippen molar-refractivity contribution in [3.8, 4) is 0 Å². The zero-order chi connectivity index (χ0) is 17.1. The van der Waals surface area contributed by atoms with E-state index in [9.17, 15) is 15.3 Å². The molecule has 0 amide bonds. The first-order valence-electron chi connectivity index (χ1n) is 9.39. The van der Waals surface area contributed by atoms with E-state index in [2.05, 4.69) is 6.92 Å². The van der Waals surface area contributed by atoms with Crippen LogP contribution in [0.4, 0.5) is 0 Å². The van der Waals surface area contributed by atoms with E-state index in [0.29, 0.717) is 6.61 Å². The number of unbranched alkanes of at least 4 members (excludes halogenated alkanes) is 9. The summed E-state index contributed by atoms with van der Waals surface area (Å²) in [5.74, 6) is 0. The molecule has 0 aromatic heterocycles. The monoisotopic (exact) mass is 332 g/mol. The van der Waals surface area contributed by atoms with E-state index in [1.54, 1.807) is 6.92 Å². The largest absolute Gasteiger partial charge is 0.388 e. The van der Waals surface area contributed by atoms with Gasteiger partial charge in [-0.25, -0.2) is 0 Å². The van der Waals surface area contributed by atoms with E-state index in [1.807, 2.05) is 0 Å². The van der Waals surface area contributed by atoms with Crippen LogP contribution in [0.2, 0.25) is 0 Å². The third kappa shape index (κ3) is 7.94. The van der Waals surface area contributed by atoms with E-state index in [1.165, 1.54) is 51.4 Å². The van der Waals surface area contributed by atoms with Crippen molar-refractivity contribution in [2.45, 2.75) is 109 Å². The van der Waals surface area contributed by atoms with Crippen molar-refractivity contribution in [2.24, 2.45) is 0 Å². The Kier molecular flexibility index (Phi) is 11.1. The van der Waals surface area contributed by atoms with Gasteiger partial charge in [0.2, 0.25) is 0 Å². The fourth-order valence-corrected chi connectivity index (χ4v) is 2.94. The van der Waals surface area contributed by atoms with E-state index in [0.717, 1.165) is 12.8 Å². The molecule has 1 fully saturated rings. The quantitative estimate of drug-likeness (QED) is 0.479. The van der Waals surface area contributed by atoms with Gasteiger partial charge in [-0.3, -0.25) is 0 Å². The Bertz CT molecular complexity index is 287. The van der Waals surface area contributed by atoms with Crippen molar-refractivity contribution in [3.63, 3.8) is 0 Å². The average Bonchev–Trinajstić information content (AvgIpc) is 2.55. The minimum atomic E-state index is -1.21. The number of hydrogen-bond acceptors (Lipinski definition) is 5. The summed E-state index contributed by atoms with van der Waals surface area (Å²) >= 11 is 0. The van der Waals surface area contributed by atoms with E-state index in [4.69, 9.17) is 9.47 Å². The fraction of sp³-hybridized carbons (Fsp3) is 1.00. The molecule has 5 heteroatoms. The molecule has 1 saturated heterocycles. The normalized spacial score (nSPS) is 31.4. The molecule has 23 heavy (non-hydrogen) atoms. The first-order chi connectivity index (χ1) is 11.1. The van der Waals surface area contributed by atoms with Crippen molar-refractivity contribution in [1.82, 2.24) is 0 Å². The Labute approximate surface area is 141 Å². The number of aliphatic hydroxyl groups excluding tert-OH is 3.